The minimum Gasteiger partial charge on any atom is -0.759 e. The average molecular weight is 320 g/mol. The van der Waals surface area contributed by atoms with Gasteiger partial charge < -0.3 is 35.0 Å². The van der Waals surface area contributed by atoms with E-state index in [0.717, 1.165) is 35.1 Å². The highest BCUT2D eigenvalue weighted by atomic mass is 32.3. The summed E-state index contributed by atoms with van der Waals surface area (Å²) in [5, 5.41) is 0. The molecule has 0 bridgehead atoms. The molecular weight excluding hydrogens is 288 g/mol. The summed E-state index contributed by atoms with van der Waals surface area (Å²) >= 11 is 0. The first-order valence-electron chi connectivity index (χ1n) is 5.80. The molecule has 10 heteroatoms. The third-order valence-electron chi connectivity index (χ3n) is 1.60. The number of hydrogen-bond acceptors (Lipinski definition) is 6. The van der Waals surface area contributed by atoms with E-state index in [0.29, 0.717) is 0 Å². The summed E-state index contributed by atoms with van der Waals surface area (Å²) in [5.41, 5.74) is 10.6. The lowest BCUT2D eigenvalue weighted by Gasteiger charge is -2.22. The van der Waals surface area contributed by atoms with E-state index in [2.05, 4.69) is 42.3 Å². The molecular formula is C10H32N4O5S. The van der Waals surface area contributed by atoms with Crippen molar-refractivity contribution in [1.29, 1.82) is 0 Å². The standard InChI is InChI=1S/2C5H15N2.H2O4S.H2O/c2*1-7(2,3)5-4-6;1-5(2,3)4;/h2*4-6H2,1-3H3;(H2,1,2,3,4);1H2/q2*+1;;/p-2. The molecule has 20 heavy (non-hydrogen) atoms. The molecule has 0 amide bonds. The van der Waals surface area contributed by atoms with Crippen molar-refractivity contribution in [2.75, 3.05) is 68.5 Å². The third kappa shape index (κ3) is 83.5. The van der Waals surface area contributed by atoms with Crippen LogP contribution in [-0.4, -0.2) is 100 Å². The fourth-order valence-corrected chi connectivity index (χ4v) is 0.775. The van der Waals surface area contributed by atoms with Gasteiger partial charge in [-0.2, -0.15) is 0 Å². The van der Waals surface area contributed by atoms with Gasteiger partial charge in [0.15, 0.2) is 0 Å². The average Bonchev–Trinajstić information content (AvgIpc) is 1.95. The van der Waals surface area contributed by atoms with E-state index in [1.807, 2.05) is 0 Å². The van der Waals surface area contributed by atoms with E-state index in [9.17, 15) is 0 Å². The first-order chi connectivity index (χ1) is 8.12. The summed E-state index contributed by atoms with van der Waals surface area (Å²) in [4.78, 5) is 0. The lowest BCUT2D eigenvalue weighted by Crippen LogP contribution is -2.38. The van der Waals surface area contributed by atoms with Gasteiger partial charge in [-0.25, -0.2) is 0 Å². The van der Waals surface area contributed by atoms with Crippen LogP contribution < -0.4 is 11.5 Å². The van der Waals surface area contributed by atoms with Gasteiger partial charge in [0.2, 0.25) is 0 Å². The summed E-state index contributed by atoms with van der Waals surface area (Å²) in [6.45, 7) is 3.67. The van der Waals surface area contributed by atoms with Crippen LogP contribution >= 0.6 is 0 Å². The zero-order chi connectivity index (χ0) is 16.3. The van der Waals surface area contributed by atoms with Crippen LogP contribution in [0.3, 0.4) is 0 Å². The van der Waals surface area contributed by atoms with Gasteiger partial charge in [-0.15, -0.1) is 0 Å². The number of rotatable bonds is 4. The van der Waals surface area contributed by atoms with Crippen molar-refractivity contribution < 1.29 is 32.0 Å². The zero-order valence-electron chi connectivity index (χ0n) is 13.4. The van der Waals surface area contributed by atoms with Crippen LogP contribution in [0.5, 0.6) is 0 Å². The lowest BCUT2D eigenvalue weighted by molar-refractivity contribution is -0.868. The minimum absolute atomic E-state index is 0. The molecule has 0 saturated heterocycles. The first-order valence-corrected chi connectivity index (χ1v) is 7.13. The monoisotopic (exact) mass is 320 g/mol. The molecule has 0 aromatic carbocycles. The van der Waals surface area contributed by atoms with Crippen molar-refractivity contribution in [2.24, 2.45) is 11.5 Å². The Morgan fingerprint density at radius 3 is 0.950 bits per heavy atom. The van der Waals surface area contributed by atoms with E-state index < -0.39 is 10.4 Å². The normalized spacial score (nSPS) is 11.3. The molecule has 0 heterocycles. The number of nitrogens with zero attached hydrogens (tertiary/aromatic N) is 2. The smallest absolute Gasteiger partial charge is 0.0905 e. The van der Waals surface area contributed by atoms with Crippen LogP contribution in [0.15, 0.2) is 0 Å². The highest BCUT2D eigenvalue weighted by Gasteiger charge is 2.02. The molecule has 9 nitrogen and oxygen atoms in total. The lowest BCUT2D eigenvalue weighted by atomic mass is 10.5. The molecule has 0 unspecified atom stereocenters. The number of nitrogens with two attached hydrogens (primary N) is 2. The molecule has 0 aliphatic rings. The van der Waals surface area contributed by atoms with Crippen LogP contribution in [-0.2, 0) is 10.4 Å². The summed E-state index contributed by atoms with van der Waals surface area (Å²) in [6, 6.07) is 0. The molecule has 0 radical (unpaired) electrons. The summed E-state index contributed by atoms with van der Waals surface area (Å²) in [5.74, 6) is 0. The first kappa shape index (κ1) is 27.9. The van der Waals surface area contributed by atoms with Crippen molar-refractivity contribution >= 4 is 10.4 Å². The molecule has 0 saturated carbocycles. The van der Waals surface area contributed by atoms with Crippen molar-refractivity contribution in [3.63, 3.8) is 0 Å². The summed E-state index contributed by atoms with van der Waals surface area (Å²) < 4.78 is 36.0. The van der Waals surface area contributed by atoms with Gasteiger partial charge in [-0.1, -0.05) is 0 Å². The highest BCUT2D eigenvalue weighted by Crippen LogP contribution is 1.84. The highest BCUT2D eigenvalue weighted by molar-refractivity contribution is 7.79. The van der Waals surface area contributed by atoms with Crippen molar-refractivity contribution in [3.05, 3.63) is 0 Å². The third-order valence-corrected chi connectivity index (χ3v) is 1.60. The zero-order valence-corrected chi connectivity index (χ0v) is 14.2. The van der Waals surface area contributed by atoms with E-state index in [4.69, 9.17) is 29.0 Å². The van der Waals surface area contributed by atoms with Gasteiger partial charge in [0.1, 0.15) is 0 Å². The van der Waals surface area contributed by atoms with Crippen LogP contribution in [0.1, 0.15) is 0 Å². The molecule has 128 valence electrons. The molecule has 0 aliphatic carbocycles. The molecule has 0 fully saturated rings. The Labute approximate surface area is 123 Å². The second kappa shape index (κ2) is 12.4. The largest absolute Gasteiger partial charge is 0.759 e. The van der Waals surface area contributed by atoms with Gasteiger partial charge in [0.05, 0.1) is 55.4 Å². The predicted octanol–water partition coefficient (Wildman–Crippen LogP) is -2.86. The maximum Gasteiger partial charge on any atom is 0.0905 e. The predicted molar refractivity (Wildman–Crippen MR) is 78.0 cm³/mol. The fraction of sp³-hybridized carbons (Fsp3) is 1.00. The molecule has 6 N–H and O–H groups in total. The minimum atomic E-state index is -5.17. The second-order valence-electron chi connectivity index (χ2n) is 6.01. The van der Waals surface area contributed by atoms with E-state index in [-0.39, 0.29) is 5.48 Å². The Hall–Kier alpha value is -0.330. The van der Waals surface area contributed by atoms with Crippen molar-refractivity contribution in [2.45, 2.75) is 0 Å². The maximum absolute atomic E-state index is 8.52. The number of quaternary nitrogens is 2. The fourth-order valence-electron chi connectivity index (χ4n) is 0.775. The van der Waals surface area contributed by atoms with Gasteiger partial charge in [0, 0.05) is 23.5 Å². The second-order valence-corrected chi connectivity index (χ2v) is 6.83. The van der Waals surface area contributed by atoms with Crippen LogP contribution in [0.25, 0.3) is 0 Å². The van der Waals surface area contributed by atoms with Gasteiger partial charge in [0.25, 0.3) is 0 Å². The van der Waals surface area contributed by atoms with E-state index in [1.54, 1.807) is 0 Å². The molecule has 0 aromatic heterocycles. The number of likely N-dealkylation sites (N-methyl/N-ethyl adjacent to an activating group) is 2. The SMILES string of the molecule is C[N+](C)(C)CCN.C[N+](C)(C)CCN.O.O=S(=O)([O-])[O-]. The maximum atomic E-state index is 8.52. The van der Waals surface area contributed by atoms with E-state index in [1.165, 1.54) is 0 Å². The van der Waals surface area contributed by atoms with Gasteiger partial charge in [-0.05, 0) is 0 Å². The Bertz CT molecular complexity index is 272. The van der Waals surface area contributed by atoms with Crippen LogP contribution in [0, 0.1) is 0 Å². The van der Waals surface area contributed by atoms with Gasteiger partial charge in [-0.3, -0.25) is 8.42 Å². The number of hydrogen-bond donors (Lipinski definition) is 2. The summed E-state index contributed by atoms with van der Waals surface area (Å²) in [7, 11) is 7.62. The Morgan fingerprint density at radius 2 is 0.950 bits per heavy atom. The Balaban J connectivity index is -0.0000000952. The molecule has 0 aromatic rings. The van der Waals surface area contributed by atoms with Crippen molar-refractivity contribution in [1.82, 2.24) is 0 Å². The molecule has 0 rings (SSSR count). The molecule has 0 spiro atoms. The quantitative estimate of drug-likeness (QED) is 0.321. The van der Waals surface area contributed by atoms with Crippen LogP contribution in [0.2, 0.25) is 0 Å². The Kier molecular flexibility index (Phi) is 17.3. The van der Waals surface area contributed by atoms with Gasteiger partial charge >= 0.3 is 0 Å². The topological polar surface area (TPSA) is 164 Å². The van der Waals surface area contributed by atoms with Crippen LogP contribution in [0.4, 0.5) is 0 Å². The Morgan fingerprint density at radius 1 is 0.800 bits per heavy atom. The van der Waals surface area contributed by atoms with E-state index >= 15 is 0 Å². The molecule has 0 atom stereocenters. The molecule has 0 aliphatic heterocycles. The summed E-state index contributed by atoms with van der Waals surface area (Å²) in [6.07, 6.45) is 0. The van der Waals surface area contributed by atoms with Crippen molar-refractivity contribution in [3.8, 4) is 0 Å².